The van der Waals surface area contributed by atoms with Crippen molar-refractivity contribution in [3.8, 4) is 22.6 Å². The fraction of sp³-hybridized carbons (Fsp3) is 0.148. The van der Waals surface area contributed by atoms with Crippen LogP contribution in [0.1, 0.15) is 12.7 Å². The van der Waals surface area contributed by atoms with Gasteiger partial charge in [0.1, 0.15) is 22.8 Å². The zero-order chi connectivity index (χ0) is 24.9. The van der Waals surface area contributed by atoms with Gasteiger partial charge in [-0.15, -0.1) is 0 Å². The Labute approximate surface area is 201 Å². The maximum atomic E-state index is 13.1. The first-order valence-electron chi connectivity index (χ1n) is 10.9. The molecule has 0 radical (unpaired) electrons. The lowest BCUT2D eigenvalue weighted by Gasteiger charge is -2.13. The van der Waals surface area contributed by atoms with E-state index in [1.54, 1.807) is 43.3 Å². The lowest BCUT2D eigenvalue weighted by molar-refractivity contribution is -0.118. The number of amides is 2. The summed E-state index contributed by atoms with van der Waals surface area (Å²) in [7, 11) is 1.48. The maximum Gasteiger partial charge on any atom is 0.262 e. The molecule has 0 unspecified atom stereocenters. The third-order valence-electron chi connectivity index (χ3n) is 5.27. The topological polar surface area (TPSA) is 107 Å². The molecule has 4 rings (SSSR count). The molecule has 178 valence electrons. The van der Waals surface area contributed by atoms with Gasteiger partial charge in [-0.1, -0.05) is 30.3 Å². The second-order valence-electron chi connectivity index (χ2n) is 7.82. The molecule has 8 heteroatoms. The van der Waals surface area contributed by atoms with Gasteiger partial charge in [-0.25, -0.2) is 0 Å². The third-order valence-corrected chi connectivity index (χ3v) is 5.27. The lowest BCUT2D eigenvalue weighted by Crippen LogP contribution is -2.20. The summed E-state index contributed by atoms with van der Waals surface area (Å²) < 4.78 is 16.8. The largest absolute Gasteiger partial charge is 0.495 e. The number of methoxy groups -OCH3 is 1. The van der Waals surface area contributed by atoms with Crippen molar-refractivity contribution in [2.24, 2.45) is 0 Å². The van der Waals surface area contributed by atoms with Gasteiger partial charge >= 0.3 is 0 Å². The molecule has 2 amide bonds. The molecule has 4 aromatic rings. The van der Waals surface area contributed by atoms with Gasteiger partial charge in [0.15, 0.2) is 6.61 Å². The Morgan fingerprint density at radius 3 is 2.46 bits per heavy atom. The monoisotopic (exact) mass is 472 g/mol. The number of fused-ring (bicyclic) bond motifs is 1. The van der Waals surface area contributed by atoms with Crippen LogP contribution in [0.15, 0.2) is 75.9 Å². The van der Waals surface area contributed by atoms with Crippen LogP contribution in [-0.2, 0) is 9.59 Å². The number of anilines is 2. The molecule has 0 aliphatic heterocycles. The second kappa shape index (κ2) is 10.1. The Bertz CT molecular complexity index is 1460. The second-order valence-corrected chi connectivity index (χ2v) is 7.82. The fourth-order valence-electron chi connectivity index (χ4n) is 3.74. The predicted octanol–water partition coefficient (Wildman–Crippen LogP) is 4.75. The van der Waals surface area contributed by atoms with Crippen LogP contribution in [0.5, 0.6) is 11.5 Å². The SMILES string of the molecule is COc1ccc(NC(C)=O)cc1NC(=O)COc1ccc2c(=O)c(-c3ccccc3)c(C)oc2c1. The minimum Gasteiger partial charge on any atom is -0.495 e. The molecular weight excluding hydrogens is 448 g/mol. The van der Waals surface area contributed by atoms with Crippen LogP contribution >= 0.6 is 0 Å². The molecule has 35 heavy (non-hydrogen) atoms. The molecule has 0 bridgehead atoms. The van der Waals surface area contributed by atoms with Gasteiger partial charge in [0.25, 0.3) is 5.91 Å². The first-order chi connectivity index (χ1) is 16.9. The van der Waals surface area contributed by atoms with Gasteiger partial charge in [-0.2, -0.15) is 0 Å². The number of nitrogens with one attached hydrogen (secondary N) is 2. The van der Waals surface area contributed by atoms with E-state index in [4.69, 9.17) is 13.9 Å². The van der Waals surface area contributed by atoms with Crippen LogP contribution in [0.25, 0.3) is 22.1 Å². The Morgan fingerprint density at radius 1 is 0.971 bits per heavy atom. The predicted molar refractivity (Wildman–Crippen MR) is 134 cm³/mol. The number of carbonyl (C=O) groups is 2. The summed E-state index contributed by atoms with van der Waals surface area (Å²) in [5.41, 5.74) is 2.45. The highest BCUT2D eigenvalue weighted by Crippen LogP contribution is 2.29. The first-order valence-corrected chi connectivity index (χ1v) is 10.9. The van der Waals surface area contributed by atoms with E-state index in [9.17, 15) is 14.4 Å². The summed E-state index contributed by atoms with van der Waals surface area (Å²) >= 11 is 0. The summed E-state index contributed by atoms with van der Waals surface area (Å²) in [5.74, 6) is 0.645. The fourth-order valence-corrected chi connectivity index (χ4v) is 3.74. The van der Waals surface area contributed by atoms with Crippen molar-refractivity contribution in [3.63, 3.8) is 0 Å². The Kier molecular flexibility index (Phi) is 6.82. The van der Waals surface area contributed by atoms with Gasteiger partial charge in [0.05, 0.1) is 23.7 Å². The van der Waals surface area contributed by atoms with E-state index < -0.39 is 5.91 Å². The molecule has 0 aliphatic rings. The highest BCUT2D eigenvalue weighted by Gasteiger charge is 2.15. The summed E-state index contributed by atoms with van der Waals surface area (Å²) in [6, 6.07) is 19.1. The van der Waals surface area contributed by atoms with Crippen molar-refractivity contribution in [3.05, 3.63) is 82.7 Å². The van der Waals surface area contributed by atoms with Crippen molar-refractivity contribution < 1.29 is 23.5 Å². The van der Waals surface area contributed by atoms with E-state index in [-0.39, 0.29) is 17.9 Å². The van der Waals surface area contributed by atoms with E-state index in [0.29, 0.717) is 45.2 Å². The lowest BCUT2D eigenvalue weighted by atomic mass is 10.0. The Hall–Kier alpha value is -4.59. The molecule has 3 aromatic carbocycles. The summed E-state index contributed by atoms with van der Waals surface area (Å²) in [4.78, 5) is 36.9. The Balaban J connectivity index is 1.50. The number of rotatable bonds is 7. The van der Waals surface area contributed by atoms with E-state index in [2.05, 4.69) is 10.6 Å². The highest BCUT2D eigenvalue weighted by molar-refractivity contribution is 5.95. The van der Waals surface area contributed by atoms with Crippen molar-refractivity contribution >= 4 is 34.2 Å². The molecule has 0 saturated heterocycles. The molecule has 1 aromatic heterocycles. The molecule has 0 spiro atoms. The van der Waals surface area contributed by atoms with Crippen LogP contribution in [-0.4, -0.2) is 25.5 Å². The van der Waals surface area contributed by atoms with Gasteiger partial charge in [0, 0.05) is 18.7 Å². The number of hydrogen-bond acceptors (Lipinski definition) is 6. The minimum absolute atomic E-state index is 0.134. The van der Waals surface area contributed by atoms with Gasteiger partial charge in [-0.3, -0.25) is 14.4 Å². The van der Waals surface area contributed by atoms with E-state index in [1.807, 2.05) is 30.3 Å². The zero-order valence-electron chi connectivity index (χ0n) is 19.5. The first kappa shape index (κ1) is 23.6. The van der Waals surface area contributed by atoms with Crippen LogP contribution in [0.3, 0.4) is 0 Å². The van der Waals surface area contributed by atoms with Crippen molar-refractivity contribution in [2.75, 3.05) is 24.4 Å². The highest BCUT2D eigenvalue weighted by atomic mass is 16.5. The number of ether oxygens (including phenoxy) is 2. The maximum absolute atomic E-state index is 13.1. The van der Waals surface area contributed by atoms with Crippen LogP contribution in [0.2, 0.25) is 0 Å². The van der Waals surface area contributed by atoms with Crippen molar-refractivity contribution in [2.45, 2.75) is 13.8 Å². The molecular formula is C27H24N2O6. The molecule has 0 aliphatic carbocycles. The summed E-state index contributed by atoms with van der Waals surface area (Å²) in [6.07, 6.45) is 0. The van der Waals surface area contributed by atoms with E-state index >= 15 is 0 Å². The van der Waals surface area contributed by atoms with Crippen molar-refractivity contribution in [1.29, 1.82) is 0 Å². The van der Waals surface area contributed by atoms with Gasteiger partial charge < -0.3 is 24.5 Å². The van der Waals surface area contributed by atoms with Crippen LogP contribution in [0, 0.1) is 6.92 Å². The smallest absolute Gasteiger partial charge is 0.262 e. The average molecular weight is 472 g/mol. The minimum atomic E-state index is -0.430. The number of aryl methyl sites for hydroxylation is 1. The van der Waals surface area contributed by atoms with E-state index in [1.165, 1.54) is 14.0 Å². The molecule has 0 fully saturated rings. The molecule has 2 N–H and O–H groups in total. The normalized spacial score (nSPS) is 10.6. The van der Waals surface area contributed by atoms with Crippen LogP contribution < -0.4 is 25.5 Å². The zero-order valence-corrected chi connectivity index (χ0v) is 19.5. The molecule has 0 saturated carbocycles. The van der Waals surface area contributed by atoms with Gasteiger partial charge in [0.2, 0.25) is 11.3 Å². The average Bonchev–Trinajstić information content (AvgIpc) is 2.83. The molecule has 8 nitrogen and oxygen atoms in total. The number of hydrogen-bond donors (Lipinski definition) is 2. The third kappa shape index (κ3) is 5.33. The van der Waals surface area contributed by atoms with Gasteiger partial charge in [-0.05, 0) is 42.8 Å². The summed E-state index contributed by atoms with van der Waals surface area (Å²) in [6.45, 7) is 2.85. The van der Waals surface area contributed by atoms with E-state index in [0.717, 1.165) is 5.56 Å². The Morgan fingerprint density at radius 2 is 1.74 bits per heavy atom. The number of benzene rings is 3. The molecule has 1 heterocycles. The van der Waals surface area contributed by atoms with Crippen LogP contribution in [0.4, 0.5) is 11.4 Å². The summed E-state index contributed by atoms with van der Waals surface area (Å²) in [5, 5.41) is 5.79. The molecule has 0 atom stereocenters. The number of carbonyl (C=O) groups excluding carboxylic acids is 2. The standard InChI is InChI=1S/C27H24N2O6/c1-16-26(18-7-5-4-6-8-18)27(32)21-11-10-20(14-24(21)35-16)34-15-25(31)29-22-13-19(28-17(2)30)9-12-23(22)33-3/h4-14H,15H2,1-3H3,(H,28,30)(H,29,31). The van der Waals surface area contributed by atoms with Crippen molar-refractivity contribution in [1.82, 2.24) is 0 Å². The quantitative estimate of drug-likeness (QED) is 0.402.